The fourth-order valence-corrected chi connectivity index (χ4v) is 20.4. The van der Waals surface area contributed by atoms with E-state index in [9.17, 15) is 9.59 Å². The smallest absolute Gasteiger partial charge is 1.00 e. The van der Waals surface area contributed by atoms with Crippen LogP contribution in [0.25, 0.3) is 0 Å². The molecule has 0 saturated carbocycles. The van der Waals surface area contributed by atoms with Gasteiger partial charge < -0.3 is 24.8 Å². The van der Waals surface area contributed by atoms with Crippen molar-refractivity contribution in [2.75, 3.05) is 0 Å². The fraction of sp³-hybridized carbons (Fsp3) is 0.647. The van der Waals surface area contributed by atoms with Gasteiger partial charge in [-0.05, 0) is 0 Å². The number of nitrogens with one attached hydrogen (secondary N) is 2. The summed E-state index contributed by atoms with van der Waals surface area (Å²) in [4.78, 5) is 22.6. The summed E-state index contributed by atoms with van der Waals surface area (Å²) < 4.78 is 6.22. The normalized spacial score (nSPS) is 17.2. The summed E-state index contributed by atoms with van der Waals surface area (Å²) in [6.07, 6.45) is 2.54. The Hall–Kier alpha value is -0.0688. The van der Waals surface area contributed by atoms with Crippen molar-refractivity contribution in [1.29, 1.82) is 0 Å². The summed E-state index contributed by atoms with van der Waals surface area (Å²) in [6, 6.07) is 0. The van der Waals surface area contributed by atoms with E-state index in [1.807, 2.05) is 0 Å². The van der Waals surface area contributed by atoms with E-state index in [-0.39, 0.29) is 28.5 Å². The molecule has 1 rings (SSSR count). The Bertz CT molecular complexity index is 553. The zero-order chi connectivity index (χ0) is 18.0. The van der Waals surface area contributed by atoms with Crippen molar-refractivity contribution in [2.45, 2.75) is 64.8 Å². The minimum Gasteiger partial charge on any atom is -1.00 e. The van der Waals surface area contributed by atoms with Crippen molar-refractivity contribution in [3.05, 3.63) is 22.3 Å². The zero-order valence-electron chi connectivity index (χ0n) is 16.6. The number of halogens is 2. The molecule has 0 aromatic rings. The monoisotopic (exact) mass is 442 g/mol. The molecule has 0 fully saturated rings. The second kappa shape index (κ2) is 10.3. The standard InChI is InChI=1S/C13H21.C2H7Si.2CH3NO.2ClH.Ti/c1-8(2)7-13-11(5)9(3)10(4)12(13)6;1-3-2;2*2-1-3;;;/h11H,7H2,1-6H3;3H,1-2H3;2*1H,(H2,2,3);2*1H;/q;;;;;;+4/p-4. The first kappa shape index (κ1) is 27.2. The molecule has 4 nitrogen and oxygen atoms in total. The van der Waals surface area contributed by atoms with Gasteiger partial charge in [0.15, 0.2) is 0 Å². The van der Waals surface area contributed by atoms with Gasteiger partial charge in [0.25, 0.3) is 0 Å². The second-order valence-electron chi connectivity index (χ2n) is 7.73. The molecular weight excluding hydrogens is 411 g/mol. The van der Waals surface area contributed by atoms with Gasteiger partial charge >= 0.3 is 146 Å². The second-order valence-corrected chi connectivity index (χ2v) is 24.6. The number of carbonyl (C=O) groups is 2. The summed E-state index contributed by atoms with van der Waals surface area (Å²) in [5.41, 5.74) is 5.70. The van der Waals surface area contributed by atoms with Crippen LogP contribution in [0.1, 0.15) is 48.0 Å². The van der Waals surface area contributed by atoms with E-state index < -0.39 is 23.0 Å². The van der Waals surface area contributed by atoms with Crippen molar-refractivity contribution < 1.29 is 50.8 Å². The summed E-state index contributed by atoms with van der Waals surface area (Å²) in [7, 11) is 0. The Morgan fingerprint density at radius 3 is 1.76 bits per heavy atom. The van der Waals surface area contributed by atoms with E-state index >= 15 is 0 Å². The van der Waals surface area contributed by atoms with E-state index in [4.69, 9.17) is 0 Å². The fourth-order valence-electron chi connectivity index (χ4n) is 4.08. The Morgan fingerprint density at radius 2 is 1.48 bits per heavy atom. The number of hydrogen-bond acceptors (Lipinski definition) is 2. The van der Waals surface area contributed by atoms with Crippen molar-refractivity contribution in [1.82, 2.24) is 7.60 Å². The number of rotatable bonds is 8. The molecule has 1 unspecified atom stereocenters. The molecule has 1 aliphatic rings. The number of hydrogen-bond donors (Lipinski definition) is 2. The SMILES string of the molecule is CC1=C(C)C(C)C(C[C](C)(C)[Ti+2]([NH]C=O)([NH]C=O)[SiH](C)C)=C1C.[Cl-].[Cl-]. The minimum absolute atomic E-state index is 0. The molecule has 8 heteroatoms. The van der Waals surface area contributed by atoms with Gasteiger partial charge in [-0.3, -0.25) is 0 Å². The number of carbonyl (C=O) groups excluding carboxylic acids is 2. The molecule has 0 saturated heterocycles. The van der Waals surface area contributed by atoms with Gasteiger partial charge in [-0.25, -0.2) is 0 Å². The van der Waals surface area contributed by atoms with Crippen molar-refractivity contribution >= 4 is 19.5 Å². The van der Waals surface area contributed by atoms with Crippen LogP contribution in [-0.2, 0) is 25.9 Å². The van der Waals surface area contributed by atoms with Crippen LogP contribution in [0.3, 0.4) is 0 Å². The summed E-state index contributed by atoms with van der Waals surface area (Å²) in [5.74, 6) is 0.454. The number of allylic oxidation sites excluding steroid dienone is 4. The van der Waals surface area contributed by atoms with Gasteiger partial charge in [0, 0.05) is 0 Å². The van der Waals surface area contributed by atoms with Crippen LogP contribution in [0, 0.1) is 5.92 Å². The van der Waals surface area contributed by atoms with Crippen LogP contribution < -0.4 is 32.4 Å². The molecule has 0 heterocycles. The van der Waals surface area contributed by atoms with Crippen molar-refractivity contribution in [3.63, 3.8) is 0 Å². The van der Waals surface area contributed by atoms with Crippen LogP contribution in [0.2, 0.25) is 16.8 Å². The van der Waals surface area contributed by atoms with Gasteiger partial charge in [0.05, 0.1) is 0 Å². The molecule has 144 valence electrons. The third-order valence-corrected chi connectivity index (χ3v) is 25.8. The molecule has 2 amide bonds. The van der Waals surface area contributed by atoms with E-state index in [1.165, 1.54) is 22.3 Å². The van der Waals surface area contributed by atoms with Crippen LogP contribution in [0.5, 0.6) is 0 Å². The molecule has 0 bridgehead atoms. The maximum Gasteiger partial charge on any atom is -1.00 e. The van der Waals surface area contributed by atoms with Crippen molar-refractivity contribution in [2.24, 2.45) is 5.92 Å². The largest absolute Gasteiger partial charge is 1.00 e. The molecule has 25 heavy (non-hydrogen) atoms. The zero-order valence-corrected chi connectivity index (χ0v) is 20.8. The summed E-state index contributed by atoms with van der Waals surface area (Å²) in [6.45, 7) is 16.6. The third-order valence-electron chi connectivity index (χ3n) is 5.95. The first-order valence-corrected chi connectivity index (χ1v) is 16.3. The molecular formula is C17H32Cl2N2O2SiTi. The average Bonchev–Trinajstić information content (AvgIpc) is 2.64. The van der Waals surface area contributed by atoms with E-state index in [2.05, 4.69) is 62.2 Å². The van der Waals surface area contributed by atoms with E-state index in [1.54, 1.807) is 0 Å². The van der Waals surface area contributed by atoms with Gasteiger partial charge in [0.1, 0.15) is 0 Å². The minimum atomic E-state index is -3.04. The molecule has 0 spiro atoms. The molecule has 0 aromatic heterocycles. The predicted octanol–water partition coefficient (Wildman–Crippen LogP) is -2.66. The molecule has 1 atom stereocenters. The summed E-state index contributed by atoms with van der Waals surface area (Å²) in [5, 5.41) is 0. The van der Waals surface area contributed by atoms with Crippen LogP contribution in [0.4, 0.5) is 0 Å². The first-order chi connectivity index (χ1) is 10.6. The Kier molecular flexibility index (Phi) is 11.2. The Balaban J connectivity index is 0. The maximum absolute atomic E-state index is 11.3. The van der Waals surface area contributed by atoms with Gasteiger partial charge in [-0.15, -0.1) is 0 Å². The van der Waals surface area contributed by atoms with Crippen LogP contribution >= 0.6 is 0 Å². The Morgan fingerprint density at radius 1 is 1.04 bits per heavy atom. The average molecular weight is 443 g/mol. The predicted molar refractivity (Wildman–Crippen MR) is 96.2 cm³/mol. The Labute approximate surface area is 170 Å². The molecule has 0 aromatic carbocycles. The quantitative estimate of drug-likeness (QED) is 0.318. The van der Waals surface area contributed by atoms with Gasteiger partial charge in [0.2, 0.25) is 0 Å². The van der Waals surface area contributed by atoms with Crippen LogP contribution in [-0.4, -0.2) is 19.5 Å². The van der Waals surface area contributed by atoms with Gasteiger partial charge in [-0.1, -0.05) is 0 Å². The van der Waals surface area contributed by atoms with Crippen molar-refractivity contribution in [3.8, 4) is 0 Å². The van der Waals surface area contributed by atoms with E-state index in [0.29, 0.717) is 5.92 Å². The maximum atomic E-state index is 11.3. The third kappa shape index (κ3) is 5.01. The topological polar surface area (TPSA) is 58.2 Å². The molecule has 2 N–H and O–H groups in total. The summed E-state index contributed by atoms with van der Waals surface area (Å²) >= 11 is -3.04. The van der Waals surface area contributed by atoms with Crippen LogP contribution in [0.15, 0.2) is 22.3 Å². The molecule has 0 radical (unpaired) electrons. The number of amides is 2. The molecule has 0 aliphatic heterocycles. The van der Waals surface area contributed by atoms with Gasteiger partial charge in [-0.2, -0.15) is 0 Å². The first-order valence-electron chi connectivity index (χ1n) is 8.35. The van der Waals surface area contributed by atoms with E-state index in [0.717, 1.165) is 19.2 Å². The molecule has 1 aliphatic carbocycles.